The van der Waals surface area contributed by atoms with Crippen LogP contribution >= 0.6 is 0 Å². The number of likely N-dealkylation sites (tertiary alicyclic amines) is 2. The van der Waals surface area contributed by atoms with Gasteiger partial charge in [-0.25, -0.2) is 5.43 Å². The van der Waals surface area contributed by atoms with Crippen LogP contribution in [0.1, 0.15) is 83.4 Å². The van der Waals surface area contributed by atoms with Crippen molar-refractivity contribution in [3.05, 3.63) is 90.0 Å². The lowest BCUT2D eigenvalue weighted by molar-refractivity contribution is -0.156. The maximum atomic E-state index is 14.9. The Morgan fingerprint density at radius 1 is 0.986 bits per heavy atom. The van der Waals surface area contributed by atoms with Gasteiger partial charge in [0.05, 0.1) is 25.5 Å². The Bertz CT molecular complexity index is 2670. The minimum atomic E-state index is -1.93. The number of aromatic nitrogens is 1. The molecule has 4 amide bonds. The van der Waals surface area contributed by atoms with E-state index in [9.17, 15) is 34.2 Å². The highest BCUT2D eigenvalue weighted by Gasteiger charge is 2.48. The fourth-order valence-corrected chi connectivity index (χ4v) is 11.5. The van der Waals surface area contributed by atoms with Gasteiger partial charge in [0.25, 0.3) is 11.8 Å². The summed E-state index contributed by atoms with van der Waals surface area (Å²) in [6.07, 6.45) is 6.85. The van der Waals surface area contributed by atoms with Gasteiger partial charge in [0.2, 0.25) is 11.8 Å². The first-order valence-corrected chi connectivity index (χ1v) is 25.5. The number of carbonyl (C=O) groups is 5. The molecule has 4 atom stereocenters. The minimum absolute atomic E-state index is 0.00474. The monoisotopic (exact) mass is 972 g/mol. The quantitative estimate of drug-likeness (QED) is 0.102. The lowest BCUT2D eigenvalue weighted by Crippen LogP contribution is -2.66. The molecule has 15 nitrogen and oxygen atoms in total. The van der Waals surface area contributed by atoms with Gasteiger partial charge in [-0.3, -0.25) is 24.2 Å². The summed E-state index contributed by atoms with van der Waals surface area (Å²) in [4.78, 5) is 74.3. The molecule has 4 aromatic rings. The number of benzene rings is 3. The topological polar surface area (TPSA) is 177 Å². The molecule has 380 valence electrons. The third-order valence-corrected chi connectivity index (χ3v) is 15.1. The molecule has 0 radical (unpaired) electrons. The van der Waals surface area contributed by atoms with Gasteiger partial charge >= 0.3 is 0 Å². The second kappa shape index (κ2) is 21.1. The standard InChI is InChI=1S/C56H73N7O8/c1-8-48(66)61-26-21-56(70,33-61)53(69)59(7)49(37(3)4)51(67)57-46-29-38-27-41(30-42(65)28-38)40-17-18-47-44(31-40)45(32-54(5,6)35-71-36-55(34-64)20-14-24-63(58-55)52(46)68)50(62(47)9-2)43-16-11-10-15-39(43)19-25-60-22-12-13-23-60/h8,10-11,15-18,27-28,30-31,34,37,46,49,58,65,70H,1,9,12-14,19-26,29,32-33,35-36H2,2-7H3,(H,57,67)/t46-,49-,55?,56+/m0/s1. The molecule has 3 fully saturated rings. The van der Waals surface area contributed by atoms with Crippen LogP contribution in [0, 0.1) is 11.3 Å². The number of nitrogens with zero attached hydrogens (tertiary/aromatic N) is 5. The number of ether oxygens (including phenoxy) is 1. The molecular weight excluding hydrogens is 899 g/mol. The maximum Gasteiger partial charge on any atom is 0.259 e. The summed E-state index contributed by atoms with van der Waals surface area (Å²) in [5, 5.41) is 28.4. The summed E-state index contributed by atoms with van der Waals surface area (Å²) in [5.41, 5.74) is 7.78. The number of aromatic hydroxyl groups is 1. The van der Waals surface area contributed by atoms with Crippen LogP contribution in [0.5, 0.6) is 5.75 Å². The zero-order valence-electron chi connectivity index (χ0n) is 42.5. The normalized spacial score (nSPS) is 23.4. The molecule has 3 saturated heterocycles. The molecule has 71 heavy (non-hydrogen) atoms. The van der Waals surface area contributed by atoms with Gasteiger partial charge in [-0.15, -0.1) is 0 Å². The highest BCUT2D eigenvalue weighted by atomic mass is 16.5. The average Bonchev–Trinajstić information content (AvgIpc) is 4.10. The summed E-state index contributed by atoms with van der Waals surface area (Å²) in [5.74, 6) is -2.76. The minimum Gasteiger partial charge on any atom is -0.508 e. The van der Waals surface area contributed by atoms with Crippen molar-refractivity contribution in [1.29, 1.82) is 0 Å². The number of aliphatic hydroxyl groups is 1. The lowest BCUT2D eigenvalue weighted by Gasteiger charge is -2.42. The van der Waals surface area contributed by atoms with Crippen molar-refractivity contribution in [2.24, 2.45) is 11.3 Å². The van der Waals surface area contributed by atoms with E-state index >= 15 is 0 Å². The first-order valence-electron chi connectivity index (χ1n) is 25.5. The van der Waals surface area contributed by atoms with Gasteiger partial charge in [-0.1, -0.05) is 70.7 Å². The molecule has 4 N–H and O–H groups in total. The zero-order valence-corrected chi connectivity index (χ0v) is 42.5. The van der Waals surface area contributed by atoms with Crippen LogP contribution in [0.15, 0.2) is 73.3 Å². The zero-order chi connectivity index (χ0) is 50.8. The van der Waals surface area contributed by atoms with Gasteiger partial charge in [-0.2, -0.15) is 0 Å². The van der Waals surface area contributed by atoms with E-state index in [4.69, 9.17) is 4.74 Å². The molecule has 3 aromatic carbocycles. The van der Waals surface area contributed by atoms with E-state index in [1.54, 1.807) is 26.0 Å². The van der Waals surface area contributed by atoms with Crippen molar-refractivity contribution in [1.82, 2.24) is 35.0 Å². The molecular formula is C56H73N7O8. The van der Waals surface area contributed by atoms with Gasteiger partial charge in [0, 0.05) is 62.5 Å². The number of rotatable bonds is 12. The SMILES string of the molecule is C=CC(=O)N1CC[C@](O)(C(=O)N(C)[C@H](C(=O)N[C@H]2Cc3cc(O)cc(c3)-c3ccc4c(c3)c(c(-c3ccccc3CCN3CCCC3)n4CC)CC(C)(C)COCC3(C=O)CCCN(N3)C2=O)C(C)C)C1. The van der Waals surface area contributed by atoms with Crippen LogP contribution in [0.4, 0.5) is 0 Å². The Hall–Kier alpha value is -5.87. The van der Waals surface area contributed by atoms with E-state index in [0.29, 0.717) is 31.4 Å². The van der Waals surface area contributed by atoms with E-state index in [1.165, 1.54) is 57.1 Å². The molecule has 1 aromatic heterocycles. The number of β-amino-alcohol motifs (C(OH)–C–C–N with tert-alkyl or cyclic N) is 1. The summed E-state index contributed by atoms with van der Waals surface area (Å²) < 4.78 is 8.97. The average molecular weight is 972 g/mol. The van der Waals surface area contributed by atoms with E-state index < -0.39 is 58.2 Å². The number of aryl methyl sites for hydroxylation is 1. The Morgan fingerprint density at radius 2 is 1.75 bits per heavy atom. The van der Waals surface area contributed by atoms with Crippen LogP contribution < -0.4 is 10.7 Å². The number of hydrogen-bond acceptors (Lipinski definition) is 10. The smallest absolute Gasteiger partial charge is 0.259 e. The molecule has 0 aliphatic carbocycles. The lowest BCUT2D eigenvalue weighted by atomic mass is 9.83. The Kier molecular flexibility index (Phi) is 15.3. The third-order valence-electron chi connectivity index (χ3n) is 15.1. The molecule has 4 aliphatic heterocycles. The van der Waals surface area contributed by atoms with E-state index in [1.807, 2.05) is 6.07 Å². The fourth-order valence-electron chi connectivity index (χ4n) is 11.5. The Labute approximate surface area is 418 Å². The fraction of sp³-hybridized carbons (Fsp3) is 0.518. The maximum absolute atomic E-state index is 14.9. The summed E-state index contributed by atoms with van der Waals surface area (Å²) in [6.45, 7) is 18.1. The largest absolute Gasteiger partial charge is 0.508 e. The molecule has 5 heterocycles. The van der Waals surface area contributed by atoms with Crippen LogP contribution in [-0.2, 0) is 54.5 Å². The first kappa shape index (κ1) is 51.5. The number of hydrogen-bond donors (Lipinski definition) is 4. The summed E-state index contributed by atoms with van der Waals surface area (Å²) in [6, 6.07) is 18.0. The predicted molar refractivity (Wildman–Crippen MR) is 274 cm³/mol. The van der Waals surface area contributed by atoms with Crippen molar-refractivity contribution in [2.75, 3.05) is 59.5 Å². The number of phenolic OH excluding ortho intramolecular Hbond substituents is 1. The van der Waals surface area contributed by atoms with Crippen molar-refractivity contribution in [3.8, 4) is 28.1 Å². The highest BCUT2D eigenvalue weighted by molar-refractivity contribution is 5.97. The van der Waals surface area contributed by atoms with Crippen LogP contribution in [0.25, 0.3) is 33.3 Å². The number of amides is 4. The molecule has 0 saturated carbocycles. The van der Waals surface area contributed by atoms with Crippen molar-refractivity contribution in [3.63, 3.8) is 0 Å². The van der Waals surface area contributed by atoms with E-state index in [-0.39, 0.29) is 44.8 Å². The van der Waals surface area contributed by atoms with Gasteiger partial charge in [0.1, 0.15) is 29.7 Å². The second-order valence-electron chi connectivity index (χ2n) is 21.6. The van der Waals surface area contributed by atoms with Crippen LogP contribution in [0.2, 0.25) is 0 Å². The van der Waals surface area contributed by atoms with Crippen molar-refractivity contribution in [2.45, 2.75) is 116 Å². The number of nitrogens with one attached hydrogen (secondary N) is 2. The van der Waals surface area contributed by atoms with Gasteiger partial charge < -0.3 is 44.3 Å². The Morgan fingerprint density at radius 3 is 2.46 bits per heavy atom. The van der Waals surface area contributed by atoms with Crippen LogP contribution in [0.3, 0.4) is 0 Å². The van der Waals surface area contributed by atoms with Gasteiger partial charge in [0.15, 0.2) is 5.60 Å². The van der Waals surface area contributed by atoms with Gasteiger partial charge in [-0.05, 0) is 128 Å². The molecule has 0 spiro atoms. The highest BCUT2D eigenvalue weighted by Crippen LogP contribution is 2.42. The number of phenols is 1. The first-order chi connectivity index (χ1) is 33.9. The van der Waals surface area contributed by atoms with Crippen LogP contribution in [-0.4, -0.2) is 147 Å². The summed E-state index contributed by atoms with van der Waals surface area (Å²) in [7, 11) is 1.44. The van der Waals surface area contributed by atoms with E-state index in [2.05, 4.69) is 90.0 Å². The number of likely N-dealkylation sites (N-methyl/N-ethyl adjacent to an activating group) is 1. The van der Waals surface area contributed by atoms with Crippen molar-refractivity contribution >= 4 is 40.8 Å². The third kappa shape index (κ3) is 10.8. The predicted octanol–water partition coefficient (Wildman–Crippen LogP) is 5.66. The van der Waals surface area contributed by atoms with E-state index in [0.717, 1.165) is 67.0 Å². The number of hydrazine groups is 1. The second-order valence-corrected chi connectivity index (χ2v) is 21.6. The van der Waals surface area contributed by atoms with Crippen molar-refractivity contribution < 1.29 is 38.9 Å². The molecule has 15 heteroatoms. The molecule has 4 aliphatic rings. The summed E-state index contributed by atoms with van der Waals surface area (Å²) >= 11 is 0. The number of aldehydes is 1. The molecule has 1 unspecified atom stereocenters. The molecule has 8 rings (SSSR count). The molecule has 6 bridgehead atoms. The Balaban J connectivity index is 1.20. The number of fused-ring (bicyclic) bond motifs is 6. The number of carbonyl (C=O) groups excluding carboxylic acids is 5.